The van der Waals surface area contributed by atoms with Crippen LogP contribution in [-0.2, 0) is 11.3 Å². The molecule has 0 unspecified atom stereocenters. The lowest BCUT2D eigenvalue weighted by Gasteiger charge is -2.35. The van der Waals surface area contributed by atoms with Crippen molar-refractivity contribution in [3.63, 3.8) is 0 Å². The highest BCUT2D eigenvalue weighted by atomic mass is 16.5. The number of piperazine rings is 1. The SMILES string of the molecule is C=C(C)CN(CC)C(=O)CN1CCN(Cc2cc(OC)ccc2OC)CC1. The molecule has 2 rings (SSSR count). The summed E-state index contributed by atoms with van der Waals surface area (Å²) >= 11 is 0. The summed E-state index contributed by atoms with van der Waals surface area (Å²) in [6.07, 6.45) is 0. The molecule has 1 aromatic carbocycles. The third-order valence-corrected chi connectivity index (χ3v) is 4.90. The van der Waals surface area contributed by atoms with Crippen molar-refractivity contribution in [3.05, 3.63) is 35.9 Å². The number of carbonyl (C=O) groups is 1. The van der Waals surface area contributed by atoms with E-state index in [2.05, 4.69) is 16.4 Å². The molecule has 0 aromatic heterocycles. The molecule has 0 saturated carbocycles. The maximum atomic E-state index is 12.5. The number of hydrogen-bond donors (Lipinski definition) is 0. The molecule has 0 N–H and O–H groups in total. The van der Waals surface area contributed by atoms with Gasteiger partial charge in [-0.1, -0.05) is 12.2 Å². The van der Waals surface area contributed by atoms with Crippen LogP contribution in [0.3, 0.4) is 0 Å². The molecule has 1 fully saturated rings. The normalized spacial score (nSPS) is 15.4. The molecular weight excluding hydrogens is 342 g/mol. The summed E-state index contributed by atoms with van der Waals surface area (Å²) in [5.74, 6) is 1.91. The molecule has 0 spiro atoms. The number of amides is 1. The molecule has 1 aromatic rings. The molecule has 6 nitrogen and oxygen atoms in total. The van der Waals surface area contributed by atoms with Crippen molar-refractivity contribution in [2.75, 3.05) is 60.0 Å². The van der Waals surface area contributed by atoms with Crippen molar-refractivity contribution >= 4 is 5.91 Å². The monoisotopic (exact) mass is 375 g/mol. The first-order valence-electron chi connectivity index (χ1n) is 9.54. The molecule has 0 bridgehead atoms. The third kappa shape index (κ3) is 6.26. The van der Waals surface area contributed by atoms with E-state index in [1.165, 1.54) is 0 Å². The van der Waals surface area contributed by atoms with Crippen molar-refractivity contribution in [1.29, 1.82) is 0 Å². The van der Waals surface area contributed by atoms with Crippen LogP contribution >= 0.6 is 0 Å². The van der Waals surface area contributed by atoms with Gasteiger partial charge < -0.3 is 14.4 Å². The van der Waals surface area contributed by atoms with Crippen LogP contribution in [-0.4, -0.2) is 80.6 Å². The Balaban J connectivity index is 1.87. The summed E-state index contributed by atoms with van der Waals surface area (Å²) in [4.78, 5) is 19.0. The quantitative estimate of drug-likeness (QED) is 0.620. The van der Waals surface area contributed by atoms with Gasteiger partial charge in [0, 0.05) is 51.4 Å². The molecule has 6 heteroatoms. The van der Waals surface area contributed by atoms with Crippen LogP contribution < -0.4 is 9.47 Å². The summed E-state index contributed by atoms with van der Waals surface area (Å²) in [6.45, 7) is 14.2. The number of nitrogens with zero attached hydrogens (tertiary/aromatic N) is 3. The number of hydrogen-bond acceptors (Lipinski definition) is 5. The van der Waals surface area contributed by atoms with Crippen molar-refractivity contribution in [3.8, 4) is 11.5 Å². The van der Waals surface area contributed by atoms with E-state index in [0.717, 1.165) is 61.9 Å². The van der Waals surface area contributed by atoms with E-state index < -0.39 is 0 Å². The zero-order chi connectivity index (χ0) is 19.8. The van der Waals surface area contributed by atoms with E-state index in [-0.39, 0.29) is 5.91 Å². The van der Waals surface area contributed by atoms with Gasteiger partial charge in [0.2, 0.25) is 5.91 Å². The highest BCUT2D eigenvalue weighted by molar-refractivity contribution is 5.78. The van der Waals surface area contributed by atoms with Crippen molar-refractivity contribution < 1.29 is 14.3 Å². The summed E-state index contributed by atoms with van der Waals surface area (Å²) in [6, 6.07) is 5.89. The Morgan fingerprint density at radius 3 is 2.37 bits per heavy atom. The zero-order valence-corrected chi connectivity index (χ0v) is 17.2. The van der Waals surface area contributed by atoms with E-state index in [1.54, 1.807) is 14.2 Å². The van der Waals surface area contributed by atoms with Crippen molar-refractivity contribution in [2.45, 2.75) is 20.4 Å². The van der Waals surface area contributed by atoms with Crippen molar-refractivity contribution in [2.24, 2.45) is 0 Å². The zero-order valence-electron chi connectivity index (χ0n) is 17.2. The van der Waals surface area contributed by atoms with Gasteiger partial charge in [0.25, 0.3) is 0 Å². The average molecular weight is 376 g/mol. The Hall–Kier alpha value is -2.05. The van der Waals surface area contributed by atoms with Crippen LogP contribution in [0, 0.1) is 0 Å². The van der Waals surface area contributed by atoms with Gasteiger partial charge in [0.1, 0.15) is 11.5 Å². The Morgan fingerprint density at radius 2 is 1.81 bits per heavy atom. The number of rotatable bonds is 9. The highest BCUT2D eigenvalue weighted by Gasteiger charge is 2.22. The number of likely N-dealkylation sites (N-methyl/N-ethyl adjacent to an activating group) is 1. The molecule has 1 aliphatic rings. The Kier molecular flexibility index (Phi) is 8.13. The summed E-state index contributed by atoms with van der Waals surface area (Å²) in [5, 5.41) is 0. The van der Waals surface area contributed by atoms with Crippen LogP contribution in [0.15, 0.2) is 30.4 Å². The number of ether oxygens (including phenoxy) is 2. The largest absolute Gasteiger partial charge is 0.497 e. The molecule has 0 radical (unpaired) electrons. The van der Waals surface area contributed by atoms with Crippen LogP contribution in [0.4, 0.5) is 0 Å². The Labute approximate surface area is 163 Å². The maximum absolute atomic E-state index is 12.5. The Morgan fingerprint density at radius 1 is 1.15 bits per heavy atom. The summed E-state index contributed by atoms with van der Waals surface area (Å²) in [5.41, 5.74) is 2.14. The first-order valence-corrected chi connectivity index (χ1v) is 9.54. The van der Waals surface area contributed by atoms with Gasteiger partial charge in [0.05, 0.1) is 20.8 Å². The fourth-order valence-corrected chi connectivity index (χ4v) is 3.35. The first kappa shape index (κ1) is 21.3. The van der Waals surface area contributed by atoms with Gasteiger partial charge in [-0.2, -0.15) is 0 Å². The van der Waals surface area contributed by atoms with Gasteiger partial charge in [0.15, 0.2) is 0 Å². The minimum atomic E-state index is 0.184. The number of benzene rings is 1. The molecule has 1 amide bonds. The second-order valence-electron chi connectivity index (χ2n) is 7.10. The third-order valence-electron chi connectivity index (χ3n) is 4.90. The Bertz CT molecular complexity index is 640. The number of carbonyl (C=O) groups excluding carboxylic acids is 1. The van der Waals surface area contributed by atoms with Gasteiger partial charge in [-0.05, 0) is 32.0 Å². The lowest BCUT2D eigenvalue weighted by molar-refractivity contribution is -0.132. The summed E-state index contributed by atoms with van der Waals surface area (Å²) in [7, 11) is 3.37. The maximum Gasteiger partial charge on any atom is 0.237 e. The molecule has 0 atom stereocenters. The van der Waals surface area contributed by atoms with E-state index in [4.69, 9.17) is 9.47 Å². The minimum absolute atomic E-state index is 0.184. The van der Waals surface area contributed by atoms with Crippen LogP contribution in [0.1, 0.15) is 19.4 Å². The average Bonchev–Trinajstić information content (AvgIpc) is 2.67. The van der Waals surface area contributed by atoms with E-state index in [1.807, 2.05) is 36.9 Å². The second kappa shape index (κ2) is 10.3. The fourth-order valence-electron chi connectivity index (χ4n) is 3.35. The topological polar surface area (TPSA) is 45.3 Å². The van der Waals surface area contributed by atoms with E-state index in [0.29, 0.717) is 13.1 Å². The predicted molar refractivity (Wildman–Crippen MR) is 108 cm³/mol. The van der Waals surface area contributed by atoms with Gasteiger partial charge in [-0.3, -0.25) is 14.6 Å². The number of methoxy groups -OCH3 is 2. The van der Waals surface area contributed by atoms with Gasteiger partial charge in [-0.15, -0.1) is 0 Å². The molecule has 1 aliphatic heterocycles. The van der Waals surface area contributed by atoms with Crippen LogP contribution in [0.2, 0.25) is 0 Å². The standard InChI is InChI=1S/C21H33N3O3/c1-6-24(14-17(2)3)21(25)16-23-11-9-22(10-12-23)15-18-13-19(26-4)7-8-20(18)27-5/h7-8,13H,2,6,9-12,14-16H2,1,3-5H3. The van der Waals surface area contributed by atoms with Crippen LogP contribution in [0.5, 0.6) is 11.5 Å². The van der Waals surface area contributed by atoms with Gasteiger partial charge in [-0.25, -0.2) is 0 Å². The van der Waals surface area contributed by atoms with Crippen molar-refractivity contribution in [1.82, 2.24) is 14.7 Å². The first-order chi connectivity index (χ1) is 13.0. The smallest absolute Gasteiger partial charge is 0.237 e. The molecule has 27 heavy (non-hydrogen) atoms. The van der Waals surface area contributed by atoms with Crippen LogP contribution in [0.25, 0.3) is 0 Å². The lowest BCUT2D eigenvalue weighted by atomic mass is 10.1. The van der Waals surface area contributed by atoms with E-state index >= 15 is 0 Å². The molecule has 150 valence electrons. The second-order valence-corrected chi connectivity index (χ2v) is 7.10. The lowest BCUT2D eigenvalue weighted by Crippen LogP contribution is -2.49. The highest BCUT2D eigenvalue weighted by Crippen LogP contribution is 2.25. The molecular formula is C21H33N3O3. The van der Waals surface area contributed by atoms with E-state index in [9.17, 15) is 4.79 Å². The molecule has 1 saturated heterocycles. The summed E-state index contributed by atoms with van der Waals surface area (Å²) < 4.78 is 10.8. The minimum Gasteiger partial charge on any atom is -0.497 e. The molecule has 0 aliphatic carbocycles. The van der Waals surface area contributed by atoms with Gasteiger partial charge >= 0.3 is 0 Å². The molecule has 1 heterocycles. The fraction of sp³-hybridized carbons (Fsp3) is 0.571. The predicted octanol–water partition coefficient (Wildman–Crippen LogP) is 2.25.